The Kier molecular flexibility index (Phi) is 10.6. The Hall–Kier alpha value is -2.83. The molecule has 0 aromatic heterocycles. The molecule has 0 aromatic rings. The molecule has 28 heavy (non-hydrogen) atoms. The molecule has 0 saturated heterocycles. The van der Waals surface area contributed by atoms with Gasteiger partial charge in [-0.1, -0.05) is 12.2 Å². The van der Waals surface area contributed by atoms with Crippen molar-refractivity contribution in [2.24, 2.45) is 11.5 Å². The topological polar surface area (TPSA) is 222 Å². The van der Waals surface area contributed by atoms with Gasteiger partial charge in [-0.25, -0.2) is 4.79 Å². The zero-order chi connectivity index (χ0) is 22.0. The number of nitrogens with one attached hydrogen (secondary N) is 2. The van der Waals surface area contributed by atoms with Gasteiger partial charge < -0.3 is 36.9 Å². The van der Waals surface area contributed by atoms with E-state index in [9.17, 15) is 34.2 Å². The quantitative estimate of drug-likeness (QED) is 0.120. The standard InChI is InChI=1S/C16H26N4O8/c1-7(4-12(16(27)28)20-14(24)8(2)17)3-11(15(25)26)19-10(5-13(22)23)9(18)6-21/h6,8-12,19H,1,3-5,17-18H2,2H3,(H,20,24)(H,22,23)(H,25,26)(H,27,28)/t8-,9-,10?,11?,12?/m0/s1. The van der Waals surface area contributed by atoms with Crippen LogP contribution in [0.1, 0.15) is 26.2 Å². The second kappa shape index (κ2) is 11.8. The predicted molar refractivity (Wildman–Crippen MR) is 96.2 cm³/mol. The monoisotopic (exact) mass is 402 g/mol. The van der Waals surface area contributed by atoms with Crippen LogP contribution >= 0.6 is 0 Å². The Labute approximate surface area is 160 Å². The number of carbonyl (C=O) groups is 5. The summed E-state index contributed by atoms with van der Waals surface area (Å²) in [5, 5.41) is 32.1. The molecule has 3 unspecified atom stereocenters. The molecule has 1 amide bonds. The number of aldehydes is 1. The highest BCUT2D eigenvalue weighted by Gasteiger charge is 2.29. The lowest BCUT2D eigenvalue weighted by atomic mass is 9.98. The van der Waals surface area contributed by atoms with Crippen LogP contribution in [0, 0.1) is 0 Å². The highest BCUT2D eigenvalue weighted by atomic mass is 16.4. The van der Waals surface area contributed by atoms with Crippen LogP contribution in [0.2, 0.25) is 0 Å². The minimum absolute atomic E-state index is 0.158. The Morgan fingerprint density at radius 1 is 1.00 bits per heavy atom. The smallest absolute Gasteiger partial charge is 0.326 e. The molecular weight excluding hydrogens is 376 g/mol. The van der Waals surface area contributed by atoms with Crippen molar-refractivity contribution in [3.05, 3.63) is 12.2 Å². The summed E-state index contributed by atoms with van der Waals surface area (Å²) in [7, 11) is 0. The second-order valence-corrected chi connectivity index (χ2v) is 6.32. The van der Waals surface area contributed by atoms with E-state index in [0.717, 1.165) is 0 Å². The van der Waals surface area contributed by atoms with Gasteiger partial charge in [0.05, 0.1) is 18.5 Å². The zero-order valence-corrected chi connectivity index (χ0v) is 15.3. The Balaban J connectivity index is 5.15. The van der Waals surface area contributed by atoms with Gasteiger partial charge >= 0.3 is 17.9 Å². The van der Waals surface area contributed by atoms with Gasteiger partial charge in [0.15, 0.2) is 0 Å². The van der Waals surface area contributed by atoms with Crippen molar-refractivity contribution >= 4 is 30.1 Å². The van der Waals surface area contributed by atoms with Crippen LogP contribution in [-0.2, 0) is 24.0 Å². The van der Waals surface area contributed by atoms with Crippen LogP contribution in [-0.4, -0.2) is 75.6 Å². The Morgan fingerprint density at radius 3 is 1.89 bits per heavy atom. The maximum atomic E-state index is 11.6. The van der Waals surface area contributed by atoms with Gasteiger partial charge in [0, 0.05) is 6.04 Å². The average Bonchev–Trinajstić information content (AvgIpc) is 2.58. The molecule has 0 aromatic carbocycles. The number of carboxylic acid groups (broad SMARTS) is 3. The van der Waals surface area contributed by atoms with E-state index >= 15 is 0 Å². The molecule has 0 bridgehead atoms. The van der Waals surface area contributed by atoms with E-state index in [-0.39, 0.29) is 24.7 Å². The molecule has 9 N–H and O–H groups in total. The summed E-state index contributed by atoms with van der Waals surface area (Å²) in [6.45, 7) is 4.99. The fourth-order valence-corrected chi connectivity index (χ4v) is 2.23. The minimum Gasteiger partial charge on any atom is -0.481 e. The molecule has 0 radical (unpaired) electrons. The highest BCUT2D eigenvalue weighted by molar-refractivity contribution is 5.86. The van der Waals surface area contributed by atoms with E-state index in [4.69, 9.17) is 16.6 Å². The van der Waals surface area contributed by atoms with E-state index in [1.165, 1.54) is 6.92 Å². The summed E-state index contributed by atoms with van der Waals surface area (Å²) in [6, 6.07) is -6.10. The van der Waals surface area contributed by atoms with Gasteiger partial charge in [-0.2, -0.15) is 0 Å². The molecule has 0 aliphatic heterocycles. The second-order valence-electron chi connectivity index (χ2n) is 6.32. The van der Waals surface area contributed by atoms with E-state index in [0.29, 0.717) is 0 Å². The average molecular weight is 402 g/mol. The minimum atomic E-state index is -1.37. The van der Waals surface area contributed by atoms with Crippen molar-refractivity contribution in [3.63, 3.8) is 0 Å². The molecule has 0 heterocycles. The van der Waals surface area contributed by atoms with Crippen molar-refractivity contribution < 1.29 is 39.3 Å². The first-order valence-electron chi connectivity index (χ1n) is 8.25. The SMILES string of the molecule is C=C(CC(NC(=O)[C@H](C)N)C(=O)O)CC(NC(CC(=O)O)[C@@H](N)C=O)C(=O)O. The summed E-state index contributed by atoms with van der Waals surface area (Å²) in [6.07, 6.45) is -0.867. The van der Waals surface area contributed by atoms with E-state index < -0.39 is 60.4 Å². The number of hydrogen-bond donors (Lipinski definition) is 7. The van der Waals surface area contributed by atoms with Crippen LogP contribution in [0.5, 0.6) is 0 Å². The van der Waals surface area contributed by atoms with Crippen molar-refractivity contribution in [2.45, 2.75) is 56.4 Å². The van der Waals surface area contributed by atoms with Crippen molar-refractivity contribution in [2.75, 3.05) is 0 Å². The first-order chi connectivity index (χ1) is 12.9. The third kappa shape index (κ3) is 9.21. The van der Waals surface area contributed by atoms with Gasteiger partial charge in [0.2, 0.25) is 5.91 Å². The Bertz CT molecular complexity index is 622. The lowest BCUT2D eigenvalue weighted by Crippen LogP contribution is -2.53. The van der Waals surface area contributed by atoms with Gasteiger partial charge in [-0.05, 0) is 19.8 Å². The predicted octanol–water partition coefficient (Wildman–Crippen LogP) is -2.35. The van der Waals surface area contributed by atoms with Crippen LogP contribution in [0.3, 0.4) is 0 Å². The summed E-state index contributed by atoms with van der Waals surface area (Å²) in [4.78, 5) is 56.1. The first-order valence-corrected chi connectivity index (χ1v) is 8.25. The third-order valence-corrected chi connectivity index (χ3v) is 3.74. The van der Waals surface area contributed by atoms with Crippen molar-refractivity contribution in [1.82, 2.24) is 10.6 Å². The normalized spacial score (nSPS) is 16.1. The first kappa shape index (κ1) is 25.2. The Morgan fingerprint density at radius 2 is 1.50 bits per heavy atom. The lowest BCUT2D eigenvalue weighted by Gasteiger charge is -2.25. The van der Waals surface area contributed by atoms with Crippen molar-refractivity contribution in [1.29, 1.82) is 0 Å². The highest BCUT2D eigenvalue weighted by Crippen LogP contribution is 2.13. The van der Waals surface area contributed by atoms with Gasteiger partial charge in [-0.15, -0.1) is 0 Å². The number of hydrogen-bond acceptors (Lipinski definition) is 8. The number of amides is 1. The van der Waals surface area contributed by atoms with Crippen LogP contribution < -0.4 is 22.1 Å². The largest absolute Gasteiger partial charge is 0.481 e. The van der Waals surface area contributed by atoms with Gasteiger partial charge in [-0.3, -0.25) is 19.7 Å². The van der Waals surface area contributed by atoms with E-state index in [1.54, 1.807) is 0 Å². The number of rotatable bonds is 14. The molecule has 5 atom stereocenters. The number of aliphatic carboxylic acids is 3. The lowest BCUT2D eigenvalue weighted by molar-refractivity contribution is -0.142. The molecule has 12 nitrogen and oxygen atoms in total. The molecule has 0 fully saturated rings. The fourth-order valence-electron chi connectivity index (χ4n) is 2.23. The molecule has 12 heteroatoms. The van der Waals surface area contributed by atoms with Gasteiger partial charge in [0.25, 0.3) is 0 Å². The molecule has 0 aliphatic rings. The van der Waals surface area contributed by atoms with Crippen molar-refractivity contribution in [3.8, 4) is 0 Å². The maximum absolute atomic E-state index is 11.6. The molecule has 0 rings (SSSR count). The molecule has 158 valence electrons. The van der Waals surface area contributed by atoms with E-state index in [2.05, 4.69) is 17.2 Å². The summed E-state index contributed by atoms with van der Waals surface area (Å²) in [5.41, 5.74) is 11.0. The molecule has 0 spiro atoms. The third-order valence-electron chi connectivity index (χ3n) is 3.74. The molecule has 0 saturated carbocycles. The summed E-state index contributed by atoms with van der Waals surface area (Å²) in [5.74, 6) is -4.73. The van der Waals surface area contributed by atoms with Crippen LogP contribution in [0.15, 0.2) is 12.2 Å². The number of carbonyl (C=O) groups excluding carboxylic acids is 2. The molecular formula is C16H26N4O8. The molecule has 0 aliphatic carbocycles. The zero-order valence-electron chi connectivity index (χ0n) is 15.3. The number of nitrogens with two attached hydrogens (primary N) is 2. The van der Waals surface area contributed by atoms with Gasteiger partial charge in [0.1, 0.15) is 18.4 Å². The van der Waals surface area contributed by atoms with Crippen LogP contribution in [0.25, 0.3) is 0 Å². The maximum Gasteiger partial charge on any atom is 0.326 e. The van der Waals surface area contributed by atoms with E-state index in [1.807, 2.05) is 0 Å². The summed E-state index contributed by atoms with van der Waals surface area (Å²) >= 11 is 0. The fraction of sp³-hybridized carbons (Fsp3) is 0.562. The summed E-state index contributed by atoms with van der Waals surface area (Å²) < 4.78 is 0. The number of carboxylic acids is 3. The van der Waals surface area contributed by atoms with Crippen LogP contribution in [0.4, 0.5) is 0 Å².